The average Bonchev–Trinajstić information content (AvgIpc) is 2.75. The van der Waals surface area contributed by atoms with Gasteiger partial charge in [0.25, 0.3) is 5.91 Å². The van der Waals surface area contributed by atoms with Crippen LogP contribution in [0, 0.1) is 0 Å². The molecule has 0 saturated carbocycles. The number of carbonyl (C=O) groups is 1. The Morgan fingerprint density at radius 3 is 2.47 bits per heavy atom. The van der Waals surface area contributed by atoms with Gasteiger partial charge < -0.3 is 15.0 Å². The van der Waals surface area contributed by atoms with E-state index in [1.807, 2.05) is 19.1 Å². The topological polar surface area (TPSA) is 78.9 Å². The molecule has 0 aromatic heterocycles. The van der Waals surface area contributed by atoms with Crippen molar-refractivity contribution in [1.29, 1.82) is 0 Å². The Bertz CT molecular complexity index is 999. The fourth-order valence-corrected chi connectivity index (χ4v) is 4.45. The molecule has 30 heavy (non-hydrogen) atoms. The first-order valence-corrected chi connectivity index (χ1v) is 11.6. The van der Waals surface area contributed by atoms with Gasteiger partial charge in [0.1, 0.15) is 5.75 Å². The first-order chi connectivity index (χ1) is 14.3. The Labute approximate surface area is 178 Å². The Morgan fingerprint density at radius 1 is 1.10 bits per heavy atom. The van der Waals surface area contributed by atoms with Crippen LogP contribution >= 0.6 is 0 Å². The molecule has 8 heteroatoms. The Balaban J connectivity index is 2.02. The lowest BCUT2D eigenvalue weighted by molar-refractivity contribution is 0.102. The zero-order chi connectivity index (χ0) is 21.7. The molecule has 0 radical (unpaired) electrons. The average molecular weight is 432 g/mol. The highest BCUT2D eigenvalue weighted by molar-refractivity contribution is 7.89. The third-order valence-corrected chi connectivity index (χ3v) is 6.93. The molecule has 2 aromatic carbocycles. The maximum atomic E-state index is 13.3. The molecule has 0 atom stereocenters. The summed E-state index contributed by atoms with van der Waals surface area (Å²) in [4.78, 5) is 15.5. The zero-order valence-electron chi connectivity index (χ0n) is 17.7. The van der Waals surface area contributed by atoms with Crippen molar-refractivity contribution in [3.8, 4) is 5.75 Å². The summed E-state index contributed by atoms with van der Waals surface area (Å²) in [5.74, 6) is 0.212. The van der Waals surface area contributed by atoms with E-state index in [0.717, 1.165) is 42.3 Å². The van der Waals surface area contributed by atoms with Crippen LogP contribution in [0.25, 0.3) is 0 Å². The largest absolute Gasteiger partial charge is 0.492 e. The molecule has 1 N–H and O–H groups in total. The fourth-order valence-electron chi connectivity index (χ4n) is 3.52. The van der Waals surface area contributed by atoms with Crippen LogP contribution in [-0.4, -0.2) is 52.4 Å². The molecule has 7 nitrogen and oxygen atoms in total. The van der Waals surface area contributed by atoms with E-state index in [-0.39, 0.29) is 10.8 Å². The van der Waals surface area contributed by atoms with Crippen LogP contribution in [0.4, 0.5) is 11.4 Å². The monoisotopic (exact) mass is 431 g/mol. The molecule has 0 spiro atoms. The second-order valence-corrected chi connectivity index (χ2v) is 9.55. The number of hydrogen-bond donors (Lipinski definition) is 1. The van der Waals surface area contributed by atoms with Gasteiger partial charge in [0, 0.05) is 32.9 Å². The lowest BCUT2D eigenvalue weighted by Crippen LogP contribution is -2.32. The second kappa shape index (κ2) is 9.49. The van der Waals surface area contributed by atoms with E-state index in [1.165, 1.54) is 20.2 Å². The highest BCUT2D eigenvalue weighted by Gasteiger charge is 2.24. The highest BCUT2D eigenvalue weighted by Crippen LogP contribution is 2.30. The number of nitrogens with zero attached hydrogens (tertiary/aromatic N) is 2. The summed E-state index contributed by atoms with van der Waals surface area (Å²) < 4.78 is 32.1. The van der Waals surface area contributed by atoms with Gasteiger partial charge in [-0.2, -0.15) is 0 Å². The molecule has 2 aromatic rings. The lowest BCUT2D eigenvalue weighted by atomic mass is 10.1. The van der Waals surface area contributed by atoms with Crippen molar-refractivity contribution in [3.63, 3.8) is 0 Å². The Hall–Kier alpha value is -2.58. The van der Waals surface area contributed by atoms with Gasteiger partial charge in [-0.25, -0.2) is 12.7 Å². The second-order valence-electron chi connectivity index (χ2n) is 7.40. The third kappa shape index (κ3) is 4.76. The van der Waals surface area contributed by atoms with E-state index in [2.05, 4.69) is 10.2 Å². The number of benzene rings is 2. The van der Waals surface area contributed by atoms with Crippen LogP contribution < -0.4 is 15.0 Å². The summed E-state index contributed by atoms with van der Waals surface area (Å²) in [6.07, 6.45) is 3.25. The standard InChI is InChI=1S/C22H29N3O4S/c1-4-29-21-11-7-6-10-19(21)23-22(26)18-16-17(30(27,28)24(2)3)12-13-20(18)25-14-8-5-9-15-25/h6-7,10-13,16H,4-5,8-9,14-15H2,1-3H3,(H,23,26). The maximum Gasteiger partial charge on any atom is 0.257 e. The fraction of sp³-hybridized carbons (Fsp3) is 0.409. The number of piperidine rings is 1. The van der Waals surface area contributed by atoms with E-state index < -0.39 is 10.0 Å². The van der Waals surface area contributed by atoms with Gasteiger partial charge in [0.15, 0.2) is 0 Å². The number of amides is 1. The minimum Gasteiger partial charge on any atom is -0.492 e. The van der Waals surface area contributed by atoms with Crippen LogP contribution in [0.5, 0.6) is 5.75 Å². The zero-order valence-corrected chi connectivity index (χ0v) is 18.5. The molecule has 0 bridgehead atoms. The quantitative estimate of drug-likeness (QED) is 0.725. The molecule has 1 aliphatic heterocycles. The van der Waals surface area contributed by atoms with Crippen molar-refractivity contribution >= 4 is 27.3 Å². The summed E-state index contributed by atoms with van der Waals surface area (Å²) in [5.41, 5.74) is 1.64. The smallest absolute Gasteiger partial charge is 0.257 e. The van der Waals surface area contributed by atoms with Gasteiger partial charge in [-0.15, -0.1) is 0 Å². The summed E-state index contributed by atoms with van der Waals surface area (Å²) in [7, 11) is -0.704. The maximum absolute atomic E-state index is 13.3. The van der Waals surface area contributed by atoms with Crippen LogP contribution in [-0.2, 0) is 10.0 Å². The minimum atomic E-state index is -3.66. The Kier molecular flexibility index (Phi) is 6.99. The Morgan fingerprint density at radius 2 is 1.80 bits per heavy atom. The number of carbonyl (C=O) groups excluding carboxylic acids is 1. The minimum absolute atomic E-state index is 0.0940. The molecule has 0 unspecified atom stereocenters. The van der Waals surface area contributed by atoms with Crippen molar-refractivity contribution in [1.82, 2.24) is 4.31 Å². The molecular weight excluding hydrogens is 402 g/mol. The van der Waals surface area contributed by atoms with Crippen LogP contribution in [0.1, 0.15) is 36.5 Å². The van der Waals surface area contributed by atoms with Gasteiger partial charge in [-0.3, -0.25) is 4.79 Å². The van der Waals surface area contributed by atoms with Gasteiger partial charge in [0.05, 0.1) is 22.8 Å². The van der Waals surface area contributed by atoms with Gasteiger partial charge in [0.2, 0.25) is 10.0 Å². The third-order valence-electron chi connectivity index (χ3n) is 5.12. The molecule has 1 amide bonds. The lowest BCUT2D eigenvalue weighted by Gasteiger charge is -2.30. The first-order valence-electron chi connectivity index (χ1n) is 10.2. The molecule has 0 aliphatic carbocycles. The SMILES string of the molecule is CCOc1ccccc1NC(=O)c1cc(S(=O)(=O)N(C)C)ccc1N1CCCCC1. The molecular formula is C22H29N3O4S. The molecule has 1 fully saturated rings. The summed E-state index contributed by atoms with van der Waals surface area (Å²) in [6.45, 7) is 4.04. The first kappa shape index (κ1) is 22.1. The molecule has 1 aliphatic rings. The van der Waals surface area contributed by atoms with E-state index in [9.17, 15) is 13.2 Å². The summed E-state index contributed by atoms with van der Waals surface area (Å²) >= 11 is 0. The van der Waals surface area contributed by atoms with Crippen molar-refractivity contribution < 1.29 is 17.9 Å². The predicted molar refractivity (Wildman–Crippen MR) is 119 cm³/mol. The van der Waals surface area contributed by atoms with Crippen molar-refractivity contribution in [2.45, 2.75) is 31.1 Å². The van der Waals surface area contributed by atoms with Gasteiger partial charge in [-0.05, 0) is 56.5 Å². The van der Waals surface area contributed by atoms with E-state index in [4.69, 9.17) is 4.74 Å². The normalized spacial score (nSPS) is 14.6. The van der Waals surface area contributed by atoms with E-state index in [0.29, 0.717) is 23.6 Å². The van der Waals surface area contributed by atoms with E-state index in [1.54, 1.807) is 24.3 Å². The van der Waals surface area contributed by atoms with Gasteiger partial charge >= 0.3 is 0 Å². The number of para-hydroxylation sites is 2. The van der Waals surface area contributed by atoms with Gasteiger partial charge in [-0.1, -0.05) is 12.1 Å². The summed E-state index contributed by atoms with van der Waals surface area (Å²) in [6, 6.07) is 12.0. The molecule has 1 heterocycles. The van der Waals surface area contributed by atoms with Crippen molar-refractivity contribution in [2.75, 3.05) is 44.0 Å². The predicted octanol–water partition coefficient (Wildman–Crippen LogP) is 3.58. The number of anilines is 2. The number of hydrogen-bond acceptors (Lipinski definition) is 5. The van der Waals surface area contributed by atoms with Crippen LogP contribution in [0.3, 0.4) is 0 Å². The van der Waals surface area contributed by atoms with Crippen molar-refractivity contribution in [3.05, 3.63) is 48.0 Å². The molecule has 1 saturated heterocycles. The number of rotatable bonds is 7. The number of sulfonamides is 1. The highest BCUT2D eigenvalue weighted by atomic mass is 32.2. The van der Waals surface area contributed by atoms with Crippen LogP contribution in [0.2, 0.25) is 0 Å². The number of nitrogens with one attached hydrogen (secondary N) is 1. The van der Waals surface area contributed by atoms with Crippen molar-refractivity contribution in [2.24, 2.45) is 0 Å². The van der Waals surface area contributed by atoms with E-state index >= 15 is 0 Å². The molecule has 162 valence electrons. The number of ether oxygens (including phenoxy) is 1. The summed E-state index contributed by atoms with van der Waals surface area (Å²) in [5, 5.41) is 2.90. The molecule has 3 rings (SSSR count). The van der Waals surface area contributed by atoms with Crippen LogP contribution in [0.15, 0.2) is 47.4 Å².